The Kier molecular flexibility index (Phi) is 7.11. The third-order valence-corrected chi connectivity index (χ3v) is 4.91. The lowest BCUT2D eigenvalue weighted by molar-refractivity contribution is -0.384. The van der Waals surface area contributed by atoms with Crippen LogP contribution in [0.4, 0.5) is 5.69 Å². The van der Waals surface area contributed by atoms with Gasteiger partial charge >= 0.3 is 0 Å². The summed E-state index contributed by atoms with van der Waals surface area (Å²) in [6.07, 6.45) is 2.02. The Balaban J connectivity index is 1.51. The molecular weight excluding hydrogens is 364 g/mol. The summed E-state index contributed by atoms with van der Waals surface area (Å²) >= 11 is 0. The molecular formula is C24H24N2O3. The van der Waals surface area contributed by atoms with Crippen LogP contribution in [0.2, 0.25) is 0 Å². The Morgan fingerprint density at radius 2 is 1.41 bits per heavy atom. The van der Waals surface area contributed by atoms with E-state index in [0.717, 1.165) is 18.4 Å². The fourth-order valence-corrected chi connectivity index (χ4v) is 3.41. The number of carbonyl (C=O) groups excluding carboxylic acids is 1. The van der Waals surface area contributed by atoms with Gasteiger partial charge in [0.15, 0.2) is 0 Å². The number of nitrogens with zero attached hydrogens (tertiary/aromatic N) is 1. The van der Waals surface area contributed by atoms with Crippen molar-refractivity contribution in [1.82, 2.24) is 5.32 Å². The molecule has 0 bridgehead atoms. The van der Waals surface area contributed by atoms with Crippen molar-refractivity contribution < 1.29 is 9.72 Å². The number of non-ortho nitro benzene ring substituents is 1. The second kappa shape index (κ2) is 10.2. The molecule has 0 saturated carbocycles. The molecule has 1 amide bonds. The summed E-state index contributed by atoms with van der Waals surface area (Å²) in [5.41, 5.74) is 3.34. The maximum absolute atomic E-state index is 12.2. The molecule has 0 aliphatic rings. The van der Waals surface area contributed by atoms with Crippen molar-refractivity contribution in [3.05, 3.63) is 112 Å². The molecule has 0 spiro atoms. The van der Waals surface area contributed by atoms with Crippen molar-refractivity contribution in [2.24, 2.45) is 0 Å². The predicted octanol–water partition coefficient (Wildman–Crippen LogP) is 4.87. The van der Waals surface area contributed by atoms with Gasteiger partial charge in [-0.2, -0.15) is 0 Å². The number of nitrogens with one attached hydrogen (secondary N) is 1. The van der Waals surface area contributed by atoms with Gasteiger partial charge in [0.05, 0.1) is 11.3 Å². The van der Waals surface area contributed by atoms with Crippen LogP contribution in [0, 0.1) is 10.1 Å². The molecule has 0 aliphatic heterocycles. The first kappa shape index (κ1) is 20.3. The zero-order valence-electron chi connectivity index (χ0n) is 16.2. The van der Waals surface area contributed by atoms with Crippen LogP contribution in [-0.4, -0.2) is 17.4 Å². The standard InChI is InChI=1S/C24H24N2O3/c27-24(18-19-13-15-22(16-14-19)26(28)29)25-17-7-12-23(20-8-3-1-4-9-20)21-10-5-2-6-11-21/h1-6,8-11,13-16,23H,7,12,17-18H2,(H,25,27). The Morgan fingerprint density at radius 3 is 1.93 bits per heavy atom. The third kappa shape index (κ3) is 6.01. The maximum atomic E-state index is 12.2. The van der Waals surface area contributed by atoms with Crippen molar-refractivity contribution in [2.75, 3.05) is 6.54 Å². The highest BCUT2D eigenvalue weighted by atomic mass is 16.6. The van der Waals surface area contributed by atoms with Gasteiger partial charge in [-0.1, -0.05) is 72.8 Å². The average molecular weight is 388 g/mol. The summed E-state index contributed by atoms with van der Waals surface area (Å²) in [6.45, 7) is 0.599. The van der Waals surface area contributed by atoms with Gasteiger partial charge in [0.2, 0.25) is 5.91 Å². The second-order valence-electron chi connectivity index (χ2n) is 6.97. The van der Waals surface area contributed by atoms with Crippen molar-refractivity contribution in [2.45, 2.75) is 25.2 Å². The highest BCUT2D eigenvalue weighted by Gasteiger charge is 2.14. The fraction of sp³-hybridized carbons (Fsp3) is 0.208. The number of hydrogen-bond donors (Lipinski definition) is 1. The minimum atomic E-state index is -0.445. The van der Waals surface area contributed by atoms with Crippen LogP contribution in [-0.2, 0) is 11.2 Å². The SMILES string of the molecule is O=C(Cc1ccc([N+](=O)[O-])cc1)NCCCC(c1ccccc1)c1ccccc1. The molecule has 0 saturated heterocycles. The molecule has 1 N–H and O–H groups in total. The first-order valence-corrected chi connectivity index (χ1v) is 9.73. The van der Waals surface area contributed by atoms with Gasteiger partial charge in [-0.3, -0.25) is 14.9 Å². The summed E-state index contributed by atoms with van der Waals surface area (Å²) in [5.74, 6) is 0.221. The van der Waals surface area contributed by atoms with E-state index in [-0.39, 0.29) is 18.0 Å². The molecule has 148 valence electrons. The molecule has 0 aliphatic carbocycles. The van der Waals surface area contributed by atoms with E-state index in [9.17, 15) is 14.9 Å². The van der Waals surface area contributed by atoms with Gasteiger partial charge in [-0.15, -0.1) is 0 Å². The summed E-state index contributed by atoms with van der Waals surface area (Å²) < 4.78 is 0. The molecule has 3 aromatic carbocycles. The van der Waals surface area contributed by atoms with Crippen LogP contribution >= 0.6 is 0 Å². The largest absolute Gasteiger partial charge is 0.356 e. The molecule has 0 unspecified atom stereocenters. The predicted molar refractivity (Wildman–Crippen MR) is 114 cm³/mol. The normalized spacial score (nSPS) is 10.7. The smallest absolute Gasteiger partial charge is 0.269 e. The first-order valence-electron chi connectivity index (χ1n) is 9.73. The minimum Gasteiger partial charge on any atom is -0.356 e. The molecule has 0 fully saturated rings. The van der Waals surface area contributed by atoms with E-state index in [1.54, 1.807) is 12.1 Å². The van der Waals surface area contributed by atoms with E-state index in [2.05, 4.69) is 53.8 Å². The van der Waals surface area contributed by atoms with E-state index in [1.165, 1.54) is 23.3 Å². The van der Waals surface area contributed by atoms with Crippen molar-refractivity contribution in [1.29, 1.82) is 0 Å². The molecule has 3 rings (SSSR count). The molecule has 0 heterocycles. The lowest BCUT2D eigenvalue weighted by Gasteiger charge is -2.18. The molecule has 5 heteroatoms. The van der Waals surface area contributed by atoms with Gasteiger partial charge < -0.3 is 5.32 Å². The number of benzene rings is 3. The number of hydrogen-bond acceptors (Lipinski definition) is 3. The Hall–Kier alpha value is -3.47. The first-order chi connectivity index (χ1) is 14.1. The van der Waals surface area contributed by atoms with Gasteiger partial charge in [0, 0.05) is 24.6 Å². The zero-order chi connectivity index (χ0) is 20.5. The molecule has 5 nitrogen and oxygen atoms in total. The topological polar surface area (TPSA) is 72.2 Å². The van der Waals surface area contributed by atoms with Crippen LogP contribution < -0.4 is 5.32 Å². The molecule has 29 heavy (non-hydrogen) atoms. The van der Waals surface area contributed by atoms with Crippen molar-refractivity contribution >= 4 is 11.6 Å². The number of amides is 1. The van der Waals surface area contributed by atoms with E-state index in [1.807, 2.05) is 12.1 Å². The van der Waals surface area contributed by atoms with Gasteiger partial charge in [0.25, 0.3) is 5.69 Å². The van der Waals surface area contributed by atoms with Gasteiger partial charge in [-0.25, -0.2) is 0 Å². The Morgan fingerprint density at radius 1 is 0.862 bits per heavy atom. The van der Waals surface area contributed by atoms with Crippen molar-refractivity contribution in [3.8, 4) is 0 Å². The fourth-order valence-electron chi connectivity index (χ4n) is 3.41. The highest BCUT2D eigenvalue weighted by molar-refractivity contribution is 5.78. The third-order valence-electron chi connectivity index (χ3n) is 4.91. The quantitative estimate of drug-likeness (QED) is 0.323. The van der Waals surface area contributed by atoms with Crippen LogP contribution in [0.5, 0.6) is 0 Å². The Bertz CT molecular complexity index is 886. The second-order valence-corrected chi connectivity index (χ2v) is 6.97. The van der Waals surface area contributed by atoms with Gasteiger partial charge in [0.1, 0.15) is 0 Å². The molecule has 3 aromatic rings. The van der Waals surface area contributed by atoms with E-state index >= 15 is 0 Å². The van der Waals surface area contributed by atoms with Crippen LogP contribution in [0.1, 0.15) is 35.4 Å². The lowest BCUT2D eigenvalue weighted by Crippen LogP contribution is -2.26. The number of rotatable bonds is 9. The summed E-state index contributed by atoms with van der Waals surface area (Å²) in [5, 5.41) is 13.6. The summed E-state index contributed by atoms with van der Waals surface area (Å²) in [7, 11) is 0. The summed E-state index contributed by atoms with van der Waals surface area (Å²) in [4.78, 5) is 22.4. The maximum Gasteiger partial charge on any atom is 0.269 e. The number of nitro benzene ring substituents is 1. The van der Waals surface area contributed by atoms with Crippen LogP contribution in [0.3, 0.4) is 0 Å². The lowest BCUT2D eigenvalue weighted by atomic mass is 9.87. The summed E-state index contributed by atoms with van der Waals surface area (Å²) in [6, 6.07) is 26.9. The van der Waals surface area contributed by atoms with Crippen LogP contribution in [0.15, 0.2) is 84.9 Å². The zero-order valence-corrected chi connectivity index (χ0v) is 16.2. The van der Waals surface area contributed by atoms with E-state index in [4.69, 9.17) is 0 Å². The molecule has 0 aromatic heterocycles. The highest BCUT2D eigenvalue weighted by Crippen LogP contribution is 2.28. The number of nitro groups is 1. The van der Waals surface area contributed by atoms with E-state index < -0.39 is 4.92 Å². The van der Waals surface area contributed by atoms with Gasteiger partial charge in [-0.05, 0) is 29.5 Å². The van der Waals surface area contributed by atoms with Crippen molar-refractivity contribution in [3.63, 3.8) is 0 Å². The average Bonchev–Trinajstić information content (AvgIpc) is 2.75. The number of carbonyl (C=O) groups is 1. The van der Waals surface area contributed by atoms with E-state index in [0.29, 0.717) is 12.5 Å². The monoisotopic (exact) mass is 388 g/mol. The molecule has 0 atom stereocenters. The Labute approximate surface area is 170 Å². The van der Waals surface area contributed by atoms with Crippen LogP contribution in [0.25, 0.3) is 0 Å². The minimum absolute atomic E-state index is 0.0297. The molecule has 0 radical (unpaired) electrons.